The third-order valence-corrected chi connectivity index (χ3v) is 3.19. The molecule has 1 aromatic heterocycles. The molecule has 1 atom stereocenters. The standard InChI is InChI=1S/C15H21N5O2/c1-2-3-14(21)9-18-15(22)17-8-12-4-6-13(7-5-12)20-11-16-10-19-20/h4-7,10-11,14,21H,2-3,8-9H2,1H3,(H2,17,18,22). The Balaban J connectivity index is 1.76. The monoisotopic (exact) mass is 303 g/mol. The Morgan fingerprint density at radius 3 is 2.73 bits per heavy atom. The predicted molar refractivity (Wildman–Crippen MR) is 82.5 cm³/mol. The lowest BCUT2D eigenvalue weighted by Gasteiger charge is -2.11. The Morgan fingerprint density at radius 2 is 2.09 bits per heavy atom. The van der Waals surface area contributed by atoms with E-state index in [1.54, 1.807) is 11.0 Å². The van der Waals surface area contributed by atoms with Crippen molar-refractivity contribution in [2.24, 2.45) is 0 Å². The largest absolute Gasteiger partial charge is 0.391 e. The molecule has 3 N–H and O–H groups in total. The minimum Gasteiger partial charge on any atom is -0.391 e. The number of benzene rings is 1. The Labute approximate surface area is 129 Å². The normalized spacial score (nSPS) is 11.9. The maximum atomic E-state index is 11.6. The Hall–Kier alpha value is -2.41. The highest BCUT2D eigenvalue weighted by atomic mass is 16.3. The molecule has 1 heterocycles. The number of amides is 2. The molecule has 0 aliphatic heterocycles. The van der Waals surface area contributed by atoms with Gasteiger partial charge in [0.2, 0.25) is 0 Å². The van der Waals surface area contributed by atoms with Gasteiger partial charge in [-0.15, -0.1) is 0 Å². The maximum Gasteiger partial charge on any atom is 0.315 e. The number of aromatic nitrogens is 3. The molecular weight excluding hydrogens is 282 g/mol. The number of urea groups is 1. The Kier molecular flexibility index (Phi) is 5.91. The van der Waals surface area contributed by atoms with Gasteiger partial charge >= 0.3 is 6.03 Å². The van der Waals surface area contributed by atoms with Crippen molar-refractivity contribution >= 4 is 6.03 Å². The van der Waals surface area contributed by atoms with Gasteiger partial charge in [0.25, 0.3) is 0 Å². The second kappa shape index (κ2) is 8.14. The van der Waals surface area contributed by atoms with Crippen molar-refractivity contribution in [3.63, 3.8) is 0 Å². The first-order valence-electron chi connectivity index (χ1n) is 7.32. The predicted octanol–water partition coefficient (Wildman–Crippen LogP) is 1.23. The highest BCUT2D eigenvalue weighted by Gasteiger charge is 2.05. The lowest BCUT2D eigenvalue weighted by molar-refractivity contribution is 0.160. The Bertz CT molecular complexity index is 568. The van der Waals surface area contributed by atoms with Crippen LogP contribution in [0.15, 0.2) is 36.9 Å². The minimum atomic E-state index is -0.488. The molecule has 0 radical (unpaired) electrons. The van der Waals surface area contributed by atoms with Crippen molar-refractivity contribution in [1.82, 2.24) is 25.4 Å². The SMILES string of the molecule is CCCC(O)CNC(=O)NCc1ccc(-n2cncn2)cc1. The number of nitrogens with one attached hydrogen (secondary N) is 2. The second-order valence-electron chi connectivity index (χ2n) is 5.01. The fourth-order valence-corrected chi connectivity index (χ4v) is 2.00. The van der Waals surface area contributed by atoms with Crippen LogP contribution in [0.25, 0.3) is 5.69 Å². The lowest BCUT2D eigenvalue weighted by atomic mass is 10.2. The summed E-state index contributed by atoms with van der Waals surface area (Å²) in [6.07, 6.45) is 4.19. The van der Waals surface area contributed by atoms with E-state index in [1.807, 2.05) is 31.2 Å². The molecule has 2 amide bonds. The number of rotatable bonds is 7. The fraction of sp³-hybridized carbons (Fsp3) is 0.400. The third-order valence-electron chi connectivity index (χ3n) is 3.19. The van der Waals surface area contributed by atoms with Gasteiger partial charge in [0.1, 0.15) is 12.7 Å². The van der Waals surface area contributed by atoms with Crippen molar-refractivity contribution < 1.29 is 9.90 Å². The van der Waals surface area contributed by atoms with Gasteiger partial charge in [0.15, 0.2) is 0 Å². The molecule has 2 rings (SSSR count). The van der Waals surface area contributed by atoms with E-state index < -0.39 is 6.10 Å². The smallest absolute Gasteiger partial charge is 0.315 e. The molecule has 0 aliphatic carbocycles. The molecule has 7 nitrogen and oxygen atoms in total. The molecule has 0 saturated carbocycles. The van der Waals surface area contributed by atoms with E-state index in [0.717, 1.165) is 17.7 Å². The Morgan fingerprint density at radius 1 is 1.32 bits per heavy atom. The van der Waals surface area contributed by atoms with Gasteiger partial charge in [-0.3, -0.25) is 0 Å². The summed E-state index contributed by atoms with van der Waals surface area (Å²) in [4.78, 5) is 15.5. The molecule has 2 aromatic rings. The number of carbonyl (C=O) groups excluding carboxylic acids is 1. The molecule has 7 heteroatoms. The van der Waals surface area contributed by atoms with Gasteiger partial charge in [-0.1, -0.05) is 25.5 Å². The van der Waals surface area contributed by atoms with E-state index in [4.69, 9.17) is 0 Å². The molecule has 0 fully saturated rings. The van der Waals surface area contributed by atoms with Crippen LogP contribution in [0.4, 0.5) is 4.79 Å². The van der Waals surface area contributed by atoms with Crippen LogP contribution in [0.2, 0.25) is 0 Å². The first-order valence-corrected chi connectivity index (χ1v) is 7.32. The summed E-state index contributed by atoms with van der Waals surface area (Å²) in [5.41, 5.74) is 1.89. The number of aliphatic hydroxyl groups excluding tert-OH is 1. The van der Waals surface area contributed by atoms with E-state index in [1.165, 1.54) is 6.33 Å². The van der Waals surface area contributed by atoms with Crippen LogP contribution in [0, 0.1) is 0 Å². The number of nitrogens with zero attached hydrogens (tertiary/aromatic N) is 3. The van der Waals surface area contributed by atoms with Crippen LogP contribution in [-0.2, 0) is 6.54 Å². The topological polar surface area (TPSA) is 92.1 Å². The lowest BCUT2D eigenvalue weighted by Crippen LogP contribution is -2.39. The third kappa shape index (κ3) is 4.85. The van der Waals surface area contributed by atoms with Crippen LogP contribution >= 0.6 is 0 Å². The van der Waals surface area contributed by atoms with Gasteiger partial charge in [-0.2, -0.15) is 5.10 Å². The fourth-order valence-electron chi connectivity index (χ4n) is 2.00. The number of carbonyl (C=O) groups is 1. The first kappa shape index (κ1) is 16.0. The van der Waals surface area contributed by atoms with Crippen LogP contribution in [0.1, 0.15) is 25.3 Å². The average molecular weight is 303 g/mol. The van der Waals surface area contributed by atoms with E-state index in [0.29, 0.717) is 13.0 Å². The van der Waals surface area contributed by atoms with Gasteiger partial charge < -0.3 is 15.7 Å². The van der Waals surface area contributed by atoms with E-state index in [9.17, 15) is 9.90 Å². The summed E-state index contributed by atoms with van der Waals surface area (Å²) >= 11 is 0. The van der Waals surface area contributed by atoms with Gasteiger partial charge in [-0.25, -0.2) is 14.5 Å². The average Bonchev–Trinajstić information content (AvgIpc) is 3.06. The van der Waals surface area contributed by atoms with Crippen LogP contribution in [-0.4, -0.2) is 38.6 Å². The molecule has 1 aromatic carbocycles. The quantitative estimate of drug-likeness (QED) is 0.717. The summed E-state index contributed by atoms with van der Waals surface area (Å²) in [7, 11) is 0. The van der Waals surface area contributed by atoms with Gasteiger partial charge in [0, 0.05) is 13.1 Å². The molecule has 0 bridgehead atoms. The zero-order valence-electron chi connectivity index (χ0n) is 12.6. The molecule has 0 spiro atoms. The summed E-state index contributed by atoms with van der Waals surface area (Å²) in [6, 6.07) is 7.38. The molecule has 22 heavy (non-hydrogen) atoms. The van der Waals surface area contributed by atoms with E-state index >= 15 is 0 Å². The second-order valence-corrected chi connectivity index (χ2v) is 5.01. The van der Waals surface area contributed by atoms with Gasteiger partial charge in [-0.05, 0) is 24.1 Å². The summed E-state index contributed by atoms with van der Waals surface area (Å²) in [6.45, 7) is 2.69. The highest BCUT2D eigenvalue weighted by Crippen LogP contribution is 2.07. The van der Waals surface area contributed by atoms with Crippen molar-refractivity contribution in [3.8, 4) is 5.69 Å². The maximum absolute atomic E-state index is 11.6. The number of hydrogen-bond acceptors (Lipinski definition) is 4. The summed E-state index contributed by atoms with van der Waals surface area (Å²) < 4.78 is 1.67. The van der Waals surface area contributed by atoms with Crippen LogP contribution in [0.3, 0.4) is 0 Å². The van der Waals surface area contributed by atoms with Crippen molar-refractivity contribution in [3.05, 3.63) is 42.5 Å². The molecular formula is C15H21N5O2. The van der Waals surface area contributed by atoms with E-state index in [-0.39, 0.29) is 12.6 Å². The molecule has 0 saturated heterocycles. The molecule has 1 unspecified atom stereocenters. The van der Waals surface area contributed by atoms with Crippen molar-refractivity contribution in [2.75, 3.05) is 6.54 Å². The highest BCUT2D eigenvalue weighted by molar-refractivity contribution is 5.73. The molecule has 118 valence electrons. The number of hydrogen-bond donors (Lipinski definition) is 3. The van der Waals surface area contributed by atoms with Crippen LogP contribution < -0.4 is 10.6 Å². The summed E-state index contributed by atoms with van der Waals surface area (Å²) in [5.74, 6) is 0. The minimum absolute atomic E-state index is 0.269. The van der Waals surface area contributed by atoms with E-state index in [2.05, 4.69) is 20.7 Å². The zero-order valence-corrected chi connectivity index (χ0v) is 12.6. The number of aliphatic hydroxyl groups is 1. The summed E-state index contributed by atoms with van der Waals surface area (Å²) in [5, 5.41) is 19.0. The van der Waals surface area contributed by atoms with Crippen molar-refractivity contribution in [2.45, 2.75) is 32.4 Å². The van der Waals surface area contributed by atoms with Gasteiger partial charge in [0.05, 0.1) is 11.8 Å². The first-order chi connectivity index (χ1) is 10.7. The van der Waals surface area contributed by atoms with Crippen molar-refractivity contribution in [1.29, 1.82) is 0 Å². The van der Waals surface area contributed by atoms with Crippen LogP contribution in [0.5, 0.6) is 0 Å². The molecule has 0 aliphatic rings. The zero-order chi connectivity index (χ0) is 15.8.